The van der Waals surface area contributed by atoms with Crippen molar-refractivity contribution >= 4 is 5.78 Å². The number of aliphatic hydroxyl groups is 3. The van der Waals surface area contributed by atoms with Gasteiger partial charge < -0.3 is 15.3 Å². The third-order valence-corrected chi connectivity index (χ3v) is 10.5. The molecule has 4 aliphatic rings. The van der Waals surface area contributed by atoms with Gasteiger partial charge in [0.25, 0.3) is 0 Å². The summed E-state index contributed by atoms with van der Waals surface area (Å²) in [7, 11) is 0. The van der Waals surface area contributed by atoms with Crippen LogP contribution >= 0.6 is 0 Å². The van der Waals surface area contributed by atoms with Gasteiger partial charge >= 0.3 is 6.18 Å². The minimum Gasteiger partial charge on any atom is -0.395 e. The van der Waals surface area contributed by atoms with Crippen LogP contribution in [0.2, 0.25) is 0 Å². The van der Waals surface area contributed by atoms with Crippen molar-refractivity contribution in [1.29, 1.82) is 0 Å². The molecular formula is C35H44F3NO4. The average molecular weight is 600 g/mol. The lowest BCUT2D eigenvalue weighted by molar-refractivity contribution is -0.137. The average Bonchev–Trinajstić information content (AvgIpc) is 3.52. The lowest BCUT2D eigenvalue weighted by Gasteiger charge is -2.46. The van der Waals surface area contributed by atoms with E-state index in [2.05, 4.69) is 24.8 Å². The molecule has 0 spiro atoms. The first-order valence-electron chi connectivity index (χ1n) is 15.6. The van der Waals surface area contributed by atoms with Gasteiger partial charge in [-0.2, -0.15) is 13.2 Å². The van der Waals surface area contributed by atoms with Crippen molar-refractivity contribution in [1.82, 2.24) is 4.90 Å². The minimum absolute atomic E-state index is 0.0103. The molecule has 1 heterocycles. The molecule has 5 unspecified atom stereocenters. The fraction of sp³-hybridized carbons (Fsp3) is 0.571. The molecule has 2 bridgehead atoms. The Labute approximate surface area is 252 Å². The van der Waals surface area contributed by atoms with E-state index in [0.29, 0.717) is 44.2 Å². The fourth-order valence-electron chi connectivity index (χ4n) is 7.83. The van der Waals surface area contributed by atoms with E-state index < -0.39 is 34.6 Å². The highest BCUT2D eigenvalue weighted by molar-refractivity contribution is 6.10. The Bertz CT molecular complexity index is 1360. The number of nitrogens with zero attached hydrogens (tertiary/aromatic N) is 1. The normalized spacial score (nSPS) is 30.6. The summed E-state index contributed by atoms with van der Waals surface area (Å²) in [6, 6.07) is 10.1. The molecule has 0 radical (unpaired) electrons. The number of hydrogen-bond acceptors (Lipinski definition) is 5. The summed E-state index contributed by atoms with van der Waals surface area (Å²) in [5.74, 6) is -0.703. The molecule has 2 aromatic carbocycles. The van der Waals surface area contributed by atoms with Gasteiger partial charge in [0.2, 0.25) is 0 Å². The number of fused-ring (bicyclic) bond motifs is 8. The van der Waals surface area contributed by atoms with E-state index in [9.17, 15) is 33.3 Å². The van der Waals surface area contributed by atoms with E-state index in [4.69, 9.17) is 0 Å². The number of ketones is 1. The molecule has 0 aromatic heterocycles. The molecule has 5 atom stereocenters. The van der Waals surface area contributed by atoms with Crippen LogP contribution in [-0.4, -0.2) is 63.4 Å². The van der Waals surface area contributed by atoms with Gasteiger partial charge in [0, 0.05) is 29.1 Å². The van der Waals surface area contributed by atoms with E-state index in [1.54, 1.807) is 6.07 Å². The van der Waals surface area contributed by atoms with Crippen molar-refractivity contribution < 1.29 is 33.3 Å². The highest BCUT2D eigenvalue weighted by Gasteiger charge is 2.57. The highest BCUT2D eigenvalue weighted by Crippen LogP contribution is 2.59. The number of benzene rings is 2. The first-order chi connectivity index (χ1) is 20.3. The number of likely N-dealkylation sites (tertiary alicyclic amines) is 1. The Morgan fingerprint density at radius 2 is 1.88 bits per heavy atom. The Morgan fingerprint density at radius 1 is 1.09 bits per heavy atom. The molecule has 3 N–H and O–H groups in total. The molecule has 1 saturated carbocycles. The van der Waals surface area contributed by atoms with Gasteiger partial charge in [-0.1, -0.05) is 42.8 Å². The zero-order chi connectivity index (χ0) is 31.0. The highest BCUT2D eigenvalue weighted by atomic mass is 19.4. The predicted octanol–water partition coefficient (Wildman–Crippen LogP) is 6.43. The standard InChI is InChI=1S/C35H44F3NO4/c1-23-6-4-15-33(2)31(14-16-34(33,43)22-39-17-5-9-27(39)21-40)29-13-11-24(18-28(41)12-10-23)19-30(29)32(42)25-7-3-8-26(20-25)35(36,37)38/h3,6-8,11,13,19-20,27-28,31,40-41,43H,4-5,9-10,12,14-18,21-22H2,1-2H3. The van der Waals surface area contributed by atoms with Crippen molar-refractivity contribution in [3.8, 4) is 0 Å². The minimum atomic E-state index is -4.58. The third-order valence-electron chi connectivity index (χ3n) is 10.5. The maximum absolute atomic E-state index is 14.1. The van der Waals surface area contributed by atoms with Crippen LogP contribution in [0.15, 0.2) is 54.1 Å². The first kappa shape index (κ1) is 31.9. The number of β-amino-alcohol motifs (C(OH)–C–C–N with tert-alkyl or cyclic N) is 1. The van der Waals surface area contributed by atoms with Crippen molar-refractivity contribution in [3.05, 3.63) is 81.9 Å². The lowest BCUT2D eigenvalue weighted by Crippen LogP contribution is -2.53. The third kappa shape index (κ3) is 6.48. The Hall–Kier alpha value is -2.52. The van der Waals surface area contributed by atoms with Gasteiger partial charge in [0.05, 0.1) is 23.9 Å². The number of carbonyl (C=O) groups is 1. The molecule has 43 heavy (non-hydrogen) atoms. The molecule has 6 rings (SSSR count). The van der Waals surface area contributed by atoms with Crippen LogP contribution in [0.3, 0.4) is 0 Å². The van der Waals surface area contributed by atoms with Crippen molar-refractivity contribution in [2.24, 2.45) is 5.41 Å². The number of hydrogen-bond donors (Lipinski definition) is 3. The second kappa shape index (κ2) is 12.5. The van der Waals surface area contributed by atoms with E-state index in [1.807, 2.05) is 12.1 Å². The van der Waals surface area contributed by atoms with Gasteiger partial charge in [-0.3, -0.25) is 9.69 Å². The number of allylic oxidation sites excluding steroid dienone is 2. The summed E-state index contributed by atoms with van der Waals surface area (Å²) in [6.07, 6.45) is 2.98. The molecule has 2 fully saturated rings. The zero-order valence-electron chi connectivity index (χ0n) is 25.2. The van der Waals surface area contributed by atoms with E-state index in [1.165, 1.54) is 17.7 Å². The molecule has 0 amide bonds. The van der Waals surface area contributed by atoms with Gasteiger partial charge in [-0.15, -0.1) is 0 Å². The zero-order valence-corrected chi connectivity index (χ0v) is 25.2. The molecule has 1 aliphatic heterocycles. The van der Waals surface area contributed by atoms with Crippen LogP contribution in [0, 0.1) is 5.41 Å². The van der Waals surface area contributed by atoms with Crippen molar-refractivity contribution in [2.45, 2.75) is 101 Å². The van der Waals surface area contributed by atoms with Crippen LogP contribution in [-0.2, 0) is 12.6 Å². The maximum atomic E-state index is 14.1. The number of rotatable bonds is 5. The molecule has 2 aromatic rings. The topological polar surface area (TPSA) is 81.0 Å². The lowest BCUT2D eigenvalue weighted by atomic mass is 9.64. The van der Waals surface area contributed by atoms with Gasteiger partial charge in [-0.05, 0) is 106 Å². The van der Waals surface area contributed by atoms with E-state index in [-0.39, 0.29) is 24.1 Å². The Balaban J connectivity index is 1.61. The van der Waals surface area contributed by atoms with E-state index >= 15 is 0 Å². The summed E-state index contributed by atoms with van der Waals surface area (Å²) >= 11 is 0. The summed E-state index contributed by atoms with van der Waals surface area (Å²) in [5.41, 5.74) is 0.376. The molecule has 5 nitrogen and oxygen atoms in total. The maximum Gasteiger partial charge on any atom is 0.416 e. The van der Waals surface area contributed by atoms with Gasteiger partial charge in [0.1, 0.15) is 0 Å². The van der Waals surface area contributed by atoms with Crippen LogP contribution in [0.25, 0.3) is 0 Å². The summed E-state index contributed by atoms with van der Waals surface area (Å²) in [5, 5.41) is 33.2. The monoisotopic (exact) mass is 599 g/mol. The molecule has 3 aliphatic carbocycles. The second-order valence-electron chi connectivity index (χ2n) is 13.3. The number of aliphatic hydroxyl groups excluding tert-OH is 2. The van der Waals surface area contributed by atoms with Crippen LogP contribution in [0.5, 0.6) is 0 Å². The summed E-state index contributed by atoms with van der Waals surface area (Å²) in [6.45, 7) is 5.44. The van der Waals surface area contributed by atoms with Crippen LogP contribution in [0.4, 0.5) is 13.2 Å². The Morgan fingerprint density at radius 3 is 2.63 bits per heavy atom. The molecular weight excluding hydrogens is 555 g/mol. The summed E-state index contributed by atoms with van der Waals surface area (Å²) < 4.78 is 40.7. The summed E-state index contributed by atoms with van der Waals surface area (Å²) in [4.78, 5) is 16.3. The number of alkyl halides is 3. The van der Waals surface area contributed by atoms with Gasteiger partial charge in [0.15, 0.2) is 5.78 Å². The van der Waals surface area contributed by atoms with Crippen LogP contribution in [0.1, 0.15) is 104 Å². The predicted molar refractivity (Wildman–Crippen MR) is 160 cm³/mol. The molecule has 234 valence electrons. The number of carbonyl (C=O) groups excluding carboxylic acids is 1. The Kier molecular flexibility index (Phi) is 9.25. The van der Waals surface area contributed by atoms with Crippen molar-refractivity contribution in [2.75, 3.05) is 19.7 Å². The number of halogens is 3. The second-order valence-corrected chi connectivity index (χ2v) is 13.3. The van der Waals surface area contributed by atoms with Gasteiger partial charge in [-0.25, -0.2) is 0 Å². The smallest absolute Gasteiger partial charge is 0.395 e. The first-order valence-corrected chi connectivity index (χ1v) is 15.6. The molecule has 8 heteroatoms. The SMILES string of the molecule is CC1=CCCC2(C)C(CCC2(O)CN2CCCC2CO)c2ccc(cc2C(=O)c2cccc(C(F)(F)F)c2)CC(O)CC1. The molecule has 1 saturated heterocycles. The van der Waals surface area contributed by atoms with Crippen LogP contribution < -0.4 is 0 Å². The quantitative estimate of drug-likeness (QED) is 0.273. The van der Waals surface area contributed by atoms with Crippen molar-refractivity contribution in [3.63, 3.8) is 0 Å². The van der Waals surface area contributed by atoms with E-state index in [0.717, 1.165) is 55.5 Å². The largest absolute Gasteiger partial charge is 0.416 e. The fourth-order valence-corrected chi connectivity index (χ4v) is 7.83.